The molecule has 1 aliphatic heterocycles. The van der Waals surface area contributed by atoms with Gasteiger partial charge in [-0.25, -0.2) is 0 Å². The molecule has 4 aromatic carbocycles. The van der Waals surface area contributed by atoms with E-state index < -0.39 is 5.91 Å². The third kappa shape index (κ3) is 7.85. The van der Waals surface area contributed by atoms with Crippen molar-refractivity contribution in [2.24, 2.45) is 4.99 Å². The molecule has 40 heavy (non-hydrogen) atoms. The van der Waals surface area contributed by atoms with E-state index in [0.717, 1.165) is 32.2 Å². The minimum atomic E-state index is -0.405. The fraction of sp³-hybridized carbons (Fsp3) is 0.0938. The summed E-state index contributed by atoms with van der Waals surface area (Å²) in [5.41, 5.74) is 9.06. The number of aliphatic imine (C=N–C) groups is 1. The summed E-state index contributed by atoms with van der Waals surface area (Å²) in [6.07, 6.45) is 1.93. The van der Waals surface area contributed by atoms with Crippen molar-refractivity contribution in [2.45, 2.75) is 29.7 Å². The highest BCUT2D eigenvalue weighted by Gasteiger charge is 2.20. The predicted molar refractivity (Wildman–Crippen MR) is 164 cm³/mol. The summed E-state index contributed by atoms with van der Waals surface area (Å²) < 4.78 is 0. The van der Waals surface area contributed by atoms with Crippen LogP contribution in [0.4, 0.5) is 5.69 Å². The second kappa shape index (κ2) is 14.2. The van der Waals surface area contributed by atoms with E-state index in [9.17, 15) is 9.59 Å². The second-order valence-corrected chi connectivity index (χ2v) is 10.3. The number of carbonyl (C=O) groups excluding carboxylic acids is 2. The molecule has 4 aromatic rings. The molecule has 8 heteroatoms. The average molecular weight is 569 g/mol. The molecule has 0 saturated carbocycles. The summed E-state index contributed by atoms with van der Waals surface area (Å²) in [6.45, 7) is 5.72. The number of hydrogen-bond acceptors (Lipinski definition) is 4. The first-order valence-corrected chi connectivity index (χ1v) is 13.8. The molecular weight excluding hydrogens is 540 g/mol. The van der Waals surface area contributed by atoms with E-state index in [2.05, 4.69) is 28.8 Å². The molecule has 0 radical (unpaired) electrons. The number of nitrogens with zero attached hydrogens (tertiary/aromatic N) is 1. The molecule has 202 valence electrons. The monoisotopic (exact) mass is 568 g/mol. The molecule has 6 nitrogen and oxygen atoms in total. The Morgan fingerprint density at radius 3 is 2.35 bits per heavy atom. The zero-order valence-corrected chi connectivity index (χ0v) is 23.6. The maximum Gasteiger partial charge on any atom is 0.269 e. The maximum atomic E-state index is 12.8. The number of anilines is 1. The molecule has 0 aliphatic carbocycles. The van der Waals surface area contributed by atoms with Crippen LogP contribution in [0.2, 0.25) is 5.02 Å². The van der Waals surface area contributed by atoms with Crippen LogP contribution in [0, 0.1) is 0 Å². The van der Waals surface area contributed by atoms with Crippen LogP contribution < -0.4 is 16.2 Å². The summed E-state index contributed by atoms with van der Waals surface area (Å²) in [4.78, 5) is 31.9. The summed E-state index contributed by atoms with van der Waals surface area (Å²) >= 11 is 7.62. The number of hydrazine groups is 1. The van der Waals surface area contributed by atoms with Crippen molar-refractivity contribution in [1.29, 1.82) is 0 Å². The number of rotatable bonds is 5. The Balaban J connectivity index is 0.00000118. The van der Waals surface area contributed by atoms with Gasteiger partial charge in [0.2, 0.25) is 5.91 Å². The van der Waals surface area contributed by atoms with Gasteiger partial charge in [-0.3, -0.25) is 25.4 Å². The van der Waals surface area contributed by atoms with Crippen LogP contribution in [0.5, 0.6) is 0 Å². The van der Waals surface area contributed by atoms with Gasteiger partial charge in [0, 0.05) is 25.9 Å². The van der Waals surface area contributed by atoms with E-state index in [4.69, 9.17) is 16.6 Å². The molecule has 2 amide bonds. The zero-order valence-electron chi connectivity index (χ0n) is 22.0. The Kier molecular flexibility index (Phi) is 10.2. The summed E-state index contributed by atoms with van der Waals surface area (Å²) in [7, 11) is 0. The van der Waals surface area contributed by atoms with Crippen molar-refractivity contribution in [3.05, 3.63) is 137 Å². The van der Waals surface area contributed by atoms with E-state index in [1.807, 2.05) is 85.8 Å². The van der Waals surface area contributed by atoms with Crippen molar-refractivity contribution < 1.29 is 9.59 Å². The summed E-state index contributed by atoms with van der Waals surface area (Å²) in [6, 6.07) is 30.4. The van der Waals surface area contributed by atoms with E-state index >= 15 is 0 Å². The fourth-order valence-electron chi connectivity index (χ4n) is 3.83. The minimum Gasteiger partial charge on any atom is -0.339 e. The number of benzene rings is 4. The van der Waals surface area contributed by atoms with Crippen molar-refractivity contribution >= 4 is 46.7 Å². The number of allylic oxidation sites excluding steroid dienone is 1. The molecule has 0 unspecified atom stereocenters. The smallest absolute Gasteiger partial charge is 0.269 e. The van der Waals surface area contributed by atoms with Gasteiger partial charge in [-0.2, -0.15) is 0 Å². The quantitative estimate of drug-likeness (QED) is 0.178. The molecule has 5 rings (SSSR count). The van der Waals surface area contributed by atoms with Crippen molar-refractivity contribution in [2.75, 3.05) is 5.32 Å². The Morgan fingerprint density at radius 1 is 0.900 bits per heavy atom. The Hall–Kier alpha value is -4.33. The lowest BCUT2D eigenvalue weighted by molar-refractivity contribution is -0.121. The summed E-state index contributed by atoms with van der Waals surface area (Å²) in [5, 5.41) is 4.11. The average Bonchev–Trinajstić information content (AvgIpc) is 3.12. The molecule has 0 atom stereocenters. The number of amidine groups is 1. The number of nitrogens with one attached hydrogen (secondary N) is 3. The van der Waals surface area contributed by atoms with E-state index in [1.54, 1.807) is 30.0 Å². The molecule has 0 bridgehead atoms. The topological polar surface area (TPSA) is 82.6 Å². The van der Waals surface area contributed by atoms with Gasteiger partial charge in [-0.05, 0) is 54.4 Å². The fourth-order valence-corrected chi connectivity index (χ4v) is 4.97. The molecule has 0 aromatic heterocycles. The molecule has 3 N–H and O–H groups in total. The van der Waals surface area contributed by atoms with E-state index in [1.165, 1.54) is 0 Å². The van der Waals surface area contributed by atoms with Gasteiger partial charge in [0.1, 0.15) is 5.84 Å². The number of halogens is 1. The Labute approximate surface area is 243 Å². The van der Waals surface area contributed by atoms with Crippen molar-refractivity contribution in [1.82, 2.24) is 10.9 Å². The first-order chi connectivity index (χ1) is 19.5. The number of carbonyl (C=O) groups is 2. The summed E-state index contributed by atoms with van der Waals surface area (Å²) in [5.74, 6) is 0.0120. The predicted octanol–water partition coefficient (Wildman–Crippen LogP) is 7.06. The van der Waals surface area contributed by atoms with Gasteiger partial charge in [-0.1, -0.05) is 90.1 Å². The van der Waals surface area contributed by atoms with Gasteiger partial charge in [0.15, 0.2) is 0 Å². The highest BCUT2D eigenvalue weighted by molar-refractivity contribution is 7.99. The molecule has 1 aliphatic rings. The Bertz CT molecular complexity index is 1520. The largest absolute Gasteiger partial charge is 0.339 e. The third-order valence-corrected chi connectivity index (χ3v) is 7.12. The van der Waals surface area contributed by atoms with Crippen molar-refractivity contribution in [3.63, 3.8) is 0 Å². The van der Waals surface area contributed by atoms with E-state index in [-0.39, 0.29) is 12.3 Å². The number of fused-ring (bicyclic) bond motifs is 2. The van der Waals surface area contributed by atoms with Crippen LogP contribution in [0.15, 0.2) is 125 Å². The first kappa shape index (κ1) is 28.7. The van der Waals surface area contributed by atoms with Gasteiger partial charge >= 0.3 is 0 Å². The van der Waals surface area contributed by atoms with Gasteiger partial charge in [0.25, 0.3) is 5.91 Å². The highest BCUT2D eigenvalue weighted by Crippen LogP contribution is 2.39. The van der Waals surface area contributed by atoms with Crippen LogP contribution in [0.25, 0.3) is 0 Å². The van der Waals surface area contributed by atoms with Gasteiger partial charge in [-0.15, -0.1) is 6.58 Å². The van der Waals surface area contributed by atoms with Crippen LogP contribution in [-0.4, -0.2) is 17.6 Å². The number of hydrogen-bond donors (Lipinski definition) is 3. The minimum absolute atomic E-state index is 0.176. The lowest BCUT2D eigenvalue weighted by Crippen LogP contribution is -2.42. The SMILES string of the molecule is C=CC.O=C(Cc1ccccc1)NNC(=O)c1ccc2c(c1)NC(=NCc1ccc(Cl)cc1)c1ccccc1S2. The van der Waals surface area contributed by atoms with Crippen LogP contribution >= 0.6 is 23.4 Å². The molecular formula is C32H29ClN4O2S. The van der Waals surface area contributed by atoms with Crippen LogP contribution in [0.3, 0.4) is 0 Å². The first-order valence-electron chi connectivity index (χ1n) is 12.6. The van der Waals surface area contributed by atoms with Crippen molar-refractivity contribution in [3.8, 4) is 0 Å². The normalized spacial score (nSPS) is 12.4. The maximum absolute atomic E-state index is 12.8. The molecule has 0 saturated heterocycles. The Morgan fingerprint density at radius 2 is 1.60 bits per heavy atom. The lowest BCUT2D eigenvalue weighted by atomic mass is 10.1. The zero-order chi connectivity index (χ0) is 28.3. The van der Waals surface area contributed by atoms with Gasteiger partial charge < -0.3 is 5.32 Å². The highest BCUT2D eigenvalue weighted by atomic mass is 35.5. The second-order valence-electron chi connectivity index (χ2n) is 8.80. The van der Waals surface area contributed by atoms with Crippen LogP contribution in [0.1, 0.15) is 34.0 Å². The number of amides is 2. The lowest BCUT2D eigenvalue weighted by Gasteiger charge is -2.12. The van der Waals surface area contributed by atoms with Crippen LogP contribution in [-0.2, 0) is 17.8 Å². The molecule has 1 heterocycles. The molecule has 0 fully saturated rings. The molecule has 0 spiro atoms. The van der Waals surface area contributed by atoms with Gasteiger partial charge in [0.05, 0.1) is 18.7 Å². The standard InChI is InChI=1S/C29H23ClN4O2S.C3H6/c30-22-13-10-20(11-14-22)18-31-28-23-8-4-5-9-25(23)37-26-15-12-21(17-24(26)32-28)29(36)34-33-27(35)16-19-6-2-1-3-7-19;1-3-2/h1-15,17H,16,18H2,(H,31,32)(H,33,35)(H,34,36);3H,1H2,2H3. The third-order valence-electron chi connectivity index (χ3n) is 5.71. The van der Waals surface area contributed by atoms with E-state index in [0.29, 0.717) is 23.0 Å².